The molecule has 1 aliphatic heterocycles. The molecule has 0 aromatic heterocycles. The Hall–Kier alpha value is -0.120. The molecule has 3 nitrogen and oxygen atoms in total. The van der Waals surface area contributed by atoms with E-state index in [-0.39, 0.29) is 0 Å². The van der Waals surface area contributed by atoms with E-state index in [2.05, 4.69) is 24.1 Å². The van der Waals surface area contributed by atoms with Gasteiger partial charge in [-0.15, -0.1) is 0 Å². The quantitative estimate of drug-likeness (QED) is 0.627. The zero-order valence-corrected chi connectivity index (χ0v) is 11.9. The van der Waals surface area contributed by atoms with Crippen molar-refractivity contribution in [2.24, 2.45) is 5.92 Å². The molecule has 0 aromatic rings. The Morgan fingerprint density at radius 3 is 2.94 bits per heavy atom. The zero-order chi connectivity index (χ0) is 12.5. The minimum Gasteiger partial charge on any atom is -0.383 e. The first-order valence-corrected chi connectivity index (χ1v) is 7.17. The molecule has 0 aromatic carbocycles. The van der Waals surface area contributed by atoms with Crippen LogP contribution in [-0.2, 0) is 4.74 Å². The topological polar surface area (TPSA) is 24.5 Å². The molecule has 17 heavy (non-hydrogen) atoms. The molecule has 3 heteroatoms. The number of rotatable bonds is 9. The van der Waals surface area contributed by atoms with Gasteiger partial charge in [0, 0.05) is 26.2 Å². The Morgan fingerprint density at radius 2 is 2.24 bits per heavy atom. The first-order chi connectivity index (χ1) is 8.24. The molecule has 1 atom stereocenters. The molecule has 1 aliphatic rings. The van der Waals surface area contributed by atoms with Crippen LogP contribution in [0.15, 0.2) is 0 Å². The third-order valence-electron chi connectivity index (χ3n) is 3.59. The highest BCUT2D eigenvalue weighted by molar-refractivity contribution is 4.80. The fourth-order valence-electron chi connectivity index (χ4n) is 2.57. The normalized spacial score (nSPS) is 21.5. The molecule has 0 radical (unpaired) electrons. The minimum atomic E-state index is 0.763. The van der Waals surface area contributed by atoms with E-state index in [4.69, 9.17) is 4.74 Å². The highest BCUT2D eigenvalue weighted by Gasteiger charge is 2.23. The van der Waals surface area contributed by atoms with Crippen LogP contribution >= 0.6 is 0 Å². The van der Waals surface area contributed by atoms with Crippen LogP contribution in [0.5, 0.6) is 0 Å². The lowest BCUT2D eigenvalue weighted by Gasteiger charge is -2.25. The molecule has 0 bridgehead atoms. The Balaban J connectivity index is 2.10. The number of nitrogens with zero attached hydrogens (tertiary/aromatic N) is 1. The van der Waals surface area contributed by atoms with E-state index in [1.54, 1.807) is 7.11 Å². The summed E-state index contributed by atoms with van der Waals surface area (Å²) >= 11 is 0. The lowest BCUT2D eigenvalue weighted by molar-refractivity contribution is 0.191. The molecule has 1 rings (SSSR count). The third-order valence-corrected chi connectivity index (χ3v) is 3.59. The molecule has 0 spiro atoms. The van der Waals surface area contributed by atoms with Gasteiger partial charge in [-0.25, -0.2) is 0 Å². The van der Waals surface area contributed by atoms with Crippen molar-refractivity contribution in [3.05, 3.63) is 0 Å². The summed E-state index contributed by atoms with van der Waals surface area (Å²) in [4.78, 5) is 2.67. The number of ether oxygens (including phenoxy) is 1. The number of hydrogen-bond acceptors (Lipinski definition) is 3. The lowest BCUT2D eigenvalue weighted by atomic mass is 10.1. The number of methoxy groups -OCH3 is 1. The van der Waals surface area contributed by atoms with Crippen molar-refractivity contribution in [3.8, 4) is 0 Å². The van der Waals surface area contributed by atoms with E-state index < -0.39 is 0 Å². The Bertz CT molecular complexity index is 185. The van der Waals surface area contributed by atoms with E-state index in [1.807, 2.05) is 0 Å². The van der Waals surface area contributed by atoms with Gasteiger partial charge >= 0.3 is 0 Å². The fraction of sp³-hybridized carbons (Fsp3) is 1.00. The van der Waals surface area contributed by atoms with Crippen LogP contribution in [0.3, 0.4) is 0 Å². The van der Waals surface area contributed by atoms with Crippen molar-refractivity contribution >= 4 is 0 Å². The summed E-state index contributed by atoms with van der Waals surface area (Å²) in [6.45, 7) is 10.1. The summed E-state index contributed by atoms with van der Waals surface area (Å²) in [6, 6.07) is 0.763. The van der Waals surface area contributed by atoms with E-state index in [0.717, 1.165) is 31.7 Å². The van der Waals surface area contributed by atoms with Gasteiger partial charge in [0.15, 0.2) is 0 Å². The molecule has 1 saturated heterocycles. The van der Waals surface area contributed by atoms with Crippen LogP contribution in [0.2, 0.25) is 0 Å². The molecule has 1 unspecified atom stereocenters. The number of nitrogens with one attached hydrogen (secondary N) is 1. The molecule has 1 N–H and O–H groups in total. The Kier molecular flexibility index (Phi) is 7.82. The highest BCUT2D eigenvalue weighted by atomic mass is 16.5. The number of likely N-dealkylation sites (tertiary alicyclic amines) is 1. The smallest absolute Gasteiger partial charge is 0.0587 e. The summed E-state index contributed by atoms with van der Waals surface area (Å²) < 4.78 is 5.05. The SMILES string of the molecule is COCCNCC1CCCN1CCCC(C)C. The Labute approximate surface area is 107 Å². The largest absolute Gasteiger partial charge is 0.383 e. The molecule has 1 heterocycles. The van der Waals surface area contributed by atoms with Gasteiger partial charge in [-0.3, -0.25) is 4.90 Å². The van der Waals surface area contributed by atoms with Gasteiger partial charge in [-0.2, -0.15) is 0 Å². The standard InChI is InChI=1S/C14H30N2O/c1-13(2)6-4-9-16-10-5-7-14(16)12-15-8-11-17-3/h13-15H,4-12H2,1-3H3. The van der Waals surface area contributed by atoms with Crippen molar-refractivity contribution in [2.75, 3.05) is 39.9 Å². The highest BCUT2D eigenvalue weighted by Crippen LogP contribution is 2.17. The molecule has 0 aliphatic carbocycles. The molecule has 0 amide bonds. The average molecular weight is 242 g/mol. The van der Waals surface area contributed by atoms with Crippen molar-refractivity contribution in [2.45, 2.75) is 45.6 Å². The number of hydrogen-bond donors (Lipinski definition) is 1. The van der Waals surface area contributed by atoms with Crippen LogP contribution in [0.25, 0.3) is 0 Å². The summed E-state index contributed by atoms with van der Waals surface area (Å²) in [7, 11) is 1.76. The second-order valence-electron chi connectivity index (χ2n) is 5.57. The van der Waals surface area contributed by atoms with Gasteiger partial charge in [0.05, 0.1) is 6.61 Å². The van der Waals surface area contributed by atoms with Crippen molar-refractivity contribution in [1.82, 2.24) is 10.2 Å². The van der Waals surface area contributed by atoms with Gasteiger partial charge < -0.3 is 10.1 Å². The second kappa shape index (κ2) is 8.90. The van der Waals surface area contributed by atoms with Crippen molar-refractivity contribution in [3.63, 3.8) is 0 Å². The summed E-state index contributed by atoms with van der Waals surface area (Å²) in [5.74, 6) is 0.843. The second-order valence-corrected chi connectivity index (χ2v) is 5.57. The van der Waals surface area contributed by atoms with Gasteiger partial charge in [0.25, 0.3) is 0 Å². The lowest BCUT2D eigenvalue weighted by Crippen LogP contribution is -2.39. The first kappa shape index (κ1) is 14.9. The van der Waals surface area contributed by atoms with Gasteiger partial charge in [0.1, 0.15) is 0 Å². The minimum absolute atomic E-state index is 0.763. The van der Waals surface area contributed by atoms with Crippen LogP contribution in [0.4, 0.5) is 0 Å². The monoisotopic (exact) mass is 242 g/mol. The molecule has 0 saturated carbocycles. The molecular weight excluding hydrogens is 212 g/mol. The van der Waals surface area contributed by atoms with Gasteiger partial charge in [0.2, 0.25) is 0 Å². The van der Waals surface area contributed by atoms with E-state index in [1.165, 1.54) is 38.8 Å². The van der Waals surface area contributed by atoms with E-state index in [0.29, 0.717) is 0 Å². The van der Waals surface area contributed by atoms with Crippen molar-refractivity contribution in [1.29, 1.82) is 0 Å². The van der Waals surface area contributed by atoms with Crippen molar-refractivity contribution < 1.29 is 4.74 Å². The first-order valence-electron chi connectivity index (χ1n) is 7.17. The maximum atomic E-state index is 5.05. The average Bonchev–Trinajstić information content (AvgIpc) is 2.72. The van der Waals surface area contributed by atoms with Crippen LogP contribution in [0, 0.1) is 5.92 Å². The third kappa shape index (κ3) is 6.39. The zero-order valence-electron chi connectivity index (χ0n) is 11.9. The molecular formula is C14H30N2O. The van der Waals surface area contributed by atoms with Crippen LogP contribution in [0.1, 0.15) is 39.5 Å². The Morgan fingerprint density at radius 1 is 1.41 bits per heavy atom. The maximum Gasteiger partial charge on any atom is 0.0587 e. The fourth-order valence-corrected chi connectivity index (χ4v) is 2.57. The summed E-state index contributed by atoms with van der Waals surface area (Å²) in [5.41, 5.74) is 0. The van der Waals surface area contributed by atoms with Crippen LogP contribution in [-0.4, -0.2) is 50.8 Å². The van der Waals surface area contributed by atoms with E-state index >= 15 is 0 Å². The molecule has 1 fully saturated rings. The predicted molar refractivity (Wildman–Crippen MR) is 73.4 cm³/mol. The predicted octanol–water partition coefficient (Wildman–Crippen LogP) is 2.12. The molecule has 102 valence electrons. The summed E-state index contributed by atoms with van der Waals surface area (Å²) in [6.07, 6.45) is 5.45. The van der Waals surface area contributed by atoms with E-state index in [9.17, 15) is 0 Å². The van der Waals surface area contributed by atoms with Gasteiger partial charge in [-0.1, -0.05) is 13.8 Å². The maximum absolute atomic E-state index is 5.05. The van der Waals surface area contributed by atoms with Gasteiger partial charge in [-0.05, 0) is 44.7 Å². The summed E-state index contributed by atoms with van der Waals surface area (Å²) in [5, 5.41) is 3.49. The van der Waals surface area contributed by atoms with Crippen LogP contribution < -0.4 is 5.32 Å².